The quantitative estimate of drug-likeness (QED) is 0.448. The minimum absolute atomic E-state index is 0.0538. The summed E-state index contributed by atoms with van der Waals surface area (Å²) in [6, 6.07) is 11.1. The minimum Gasteiger partial charge on any atom is -0.354 e. The summed E-state index contributed by atoms with van der Waals surface area (Å²) in [6.45, 7) is 7.48. The van der Waals surface area contributed by atoms with Crippen molar-refractivity contribution in [1.82, 2.24) is 10.2 Å². The van der Waals surface area contributed by atoms with Crippen LogP contribution in [0.5, 0.6) is 0 Å². The van der Waals surface area contributed by atoms with Crippen molar-refractivity contribution < 1.29 is 18.0 Å². The number of nitrogens with one attached hydrogen (secondary N) is 1. The number of carbonyl (C=O) groups excluding carboxylic acids is 2. The van der Waals surface area contributed by atoms with Gasteiger partial charge in [-0.15, -0.1) is 0 Å². The van der Waals surface area contributed by atoms with Gasteiger partial charge in [-0.05, 0) is 48.6 Å². The SMILES string of the molecule is CC[C@@H](C(=O)NCC(C)C)N(Cc1ccccc1Cl)C(=O)CN(c1cccc(Cl)c1C)S(C)(=O)=O. The Morgan fingerprint density at radius 3 is 2.23 bits per heavy atom. The van der Waals surface area contributed by atoms with E-state index in [1.807, 2.05) is 20.8 Å². The molecule has 7 nitrogen and oxygen atoms in total. The Labute approximate surface area is 218 Å². The van der Waals surface area contributed by atoms with Crippen LogP contribution in [0.2, 0.25) is 10.0 Å². The van der Waals surface area contributed by atoms with Gasteiger partial charge in [0.2, 0.25) is 21.8 Å². The fourth-order valence-corrected chi connectivity index (χ4v) is 4.88. The Morgan fingerprint density at radius 1 is 1.03 bits per heavy atom. The first-order valence-electron chi connectivity index (χ1n) is 11.4. The van der Waals surface area contributed by atoms with Crippen LogP contribution in [-0.2, 0) is 26.2 Å². The van der Waals surface area contributed by atoms with Crippen LogP contribution >= 0.6 is 23.2 Å². The van der Waals surface area contributed by atoms with Crippen molar-refractivity contribution in [2.24, 2.45) is 5.92 Å². The Balaban J connectivity index is 2.48. The summed E-state index contributed by atoms with van der Waals surface area (Å²) in [4.78, 5) is 28.2. The largest absolute Gasteiger partial charge is 0.354 e. The van der Waals surface area contributed by atoms with Gasteiger partial charge >= 0.3 is 0 Å². The van der Waals surface area contributed by atoms with E-state index in [0.29, 0.717) is 39.8 Å². The molecule has 0 bridgehead atoms. The Hall–Kier alpha value is -2.29. The topological polar surface area (TPSA) is 86.8 Å². The standard InChI is InChI=1S/C25H33Cl2N3O4S/c1-6-22(25(32)28-14-17(2)3)29(15-19-10-7-8-11-21(19)27)24(31)16-30(35(5,33)34)23-13-9-12-20(26)18(23)4/h7-13,17,22H,6,14-16H2,1-5H3,(H,28,32)/t22-/m0/s1. The third kappa shape index (κ3) is 7.85. The summed E-state index contributed by atoms with van der Waals surface area (Å²) >= 11 is 12.6. The van der Waals surface area contributed by atoms with Gasteiger partial charge in [0.1, 0.15) is 12.6 Å². The minimum atomic E-state index is -3.84. The van der Waals surface area contributed by atoms with Crippen molar-refractivity contribution in [2.75, 3.05) is 23.7 Å². The maximum Gasteiger partial charge on any atom is 0.244 e. The fraction of sp³-hybridized carbons (Fsp3) is 0.440. The average Bonchev–Trinajstić information content (AvgIpc) is 2.78. The molecule has 0 spiro atoms. The first-order chi connectivity index (χ1) is 16.4. The van der Waals surface area contributed by atoms with Crippen LogP contribution in [0, 0.1) is 12.8 Å². The number of carbonyl (C=O) groups is 2. The summed E-state index contributed by atoms with van der Waals surface area (Å²) in [6.07, 6.45) is 1.38. The molecule has 1 N–H and O–H groups in total. The van der Waals surface area contributed by atoms with E-state index in [9.17, 15) is 18.0 Å². The van der Waals surface area contributed by atoms with Gasteiger partial charge in [-0.3, -0.25) is 13.9 Å². The zero-order chi connectivity index (χ0) is 26.3. The number of hydrogen-bond donors (Lipinski definition) is 1. The highest BCUT2D eigenvalue weighted by Gasteiger charge is 2.32. The maximum atomic E-state index is 13.7. The molecule has 0 radical (unpaired) electrons. The van der Waals surface area contributed by atoms with Gasteiger partial charge in [0.15, 0.2) is 0 Å². The number of halogens is 2. The maximum absolute atomic E-state index is 13.7. The van der Waals surface area contributed by atoms with Gasteiger partial charge in [0.05, 0.1) is 11.9 Å². The van der Waals surface area contributed by atoms with Crippen molar-refractivity contribution in [2.45, 2.75) is 46.7 Å². The van der Waals surface area contributed by atoms with Gasteiger partial charge in [0.25, 0.3) is 0 Å². The van der Waals surface area contributed by atoms with Crippen molar-refractivity contribution in [1.29, 1.82) is 0 Å². The van der Waals surface area contributed by atoms with E-state index in [-0.39, 0.29) is 18.4 Å². The third-order valence-corrected chi connectivity index (χ3v) is 7.46. The molecule has 0 saturated carbocycles. The number of anilines is 1. The lowest BCUT2D eigenvalue weighted by molar-refractivity contribution is -0.140. The molecular formula is C25H33Cl2N3O4S. The summed E-state index contributed by atoms with van der Waals surface area (Å²) in [5.74, 6) is -0.594. The van der Waals surface area contributed by atoms with Crippen LogP contribution in [0.25, 0.3) is 0 Å². The van der Waals surface area contributed by atoms with E-state index in [0.717, 1.165) is 10.6 Å². The third-order valence-electron chi connectivity index (χ3n) is 5.56. The number of benzene rings is 2. The molecule has 0 aliphatic carbocycles. The Morgan fingerprint density at radius 2 is 1.66 bits per heavy atom. The molecule has 192 valence electrons. The molecule has 0 saturated heterocycles. The van der Waals surface area contributed by atoms with Crippen LogP contribution in [0.4, 0.5) is 5.69 Å². The molecular weight excluding hydrogens is 509 g/mol. The van der Waals surface area contributed by atoms with Crippen LogP contribution in [0.1, 0.15) is 38.3 Å². The highest BCUT2D eigenvalue weighted by Crippen LogP contribution is 2.29. The van der Waals surface area contributed by atoms with Crippen molar-refractivity contribution in [3.63, 3.8) is 0 Å². The molecule has 35 heavy (non-hydrogen) atoms. The molecule has 0 aliphatic rings. The van der Waals surface area contributed by atoms with Crippen LogP contribution in [0.3, 0.4) is 0 Å². The van der Waals surface area contributed by atoms with E-state index < -0.39 is 28.5 Å². The van der Waals surface area contributed by atoms with E-state index in [1.165, 1.54) is 4.90 Å². The van der Waals surface area contributed by atoms with Crippen LogP contribution in [-0.4, -0.2) is 50.5 Å². The molecule has 2 aromatic rings. The first-order valence-corrected chi connectivity index (χ1v) is 14.0. The predicted molar refractivity (Wildman–Crippen MR) is 142 cm³/mol. The van der Waals surface area contributed by atoms with Gasteiger partial charge < -0.3 is 10.2 Å². The van der Waals surface area contributed by atoms with E-state index >= 15 is 0 Å². The van der Waals surface area contributed by atoms with Crippen LogP contribution in [0.15, 0.2) is 42.5 Å². The zero-order valence-corrected chi connectivity index (χ0v) is 23.0. The fourth-order valence-electron chi connectivity index (χ4n) is 3.61. The molecule has 0 unspecified atom stereocenters. The zero-order valence-electron chi connectivity index (χ0n) is 20.7. The smallest absolute Gasteiger partial charge is 0.244 e. The Bertz CT molecular complexity index is 1160. The van der Waals surface area contributed by atoms with Crippen molar-refractivity contribution >= 4 is 50.7 Å². The van der Waals surface area contributed by atoms with E-state index in [4.69, 9.17) is 23.2 Å². The number of rotatable bonds is 11. The van der Waals surface area contributed by atoms with E-state index in [1.54, 1.807) is 49.4 Å². The second-order valence-electron chi connectivity index (χ2n) is 8.83. The summed E-state index contributed by atoms with van der Waals surface area (Å²) in [5.41, 5.74) is 1.50. The lowest BCUT2D eigenvalue weighted by Gasteiger charge is -2.33. The highest BCUT2D eigenvalue weighted by molar-refractivity contribution is 7.92. The average molecular weight is 543 g/mol. The Kier molecular flexibility index (Phi) is 10.4. The second-order valence-corrected chi connectivity index (χ2v) is 11.6. The van der Waals surface area contributed by atoms with Crippen LogP contribution < -0.4 is 9.62 Å². The van der Waals surface area contributed by atoms with Gasteiger partial charge in [-0.2, -0.15) is 0 Å². The summed E-state index contributed by atoms with van der Waals surface area (Å²) < 4.78 is 26.5. The van der Waals surface area contributed by atoms with Crippen molar-refractivity contribution in [3.05, 3.63) is 63.6 Å². The molecule has 10 heteroatoms. The second kappa shape index (κ2) is 12.6. The molecule has 0 fully saturated rings. The van der Waals surface area contributed by atoms with Gasteiger partial charge in [-0.25, -0.2) is 8.42 Å². The summed E-state index contributed by atoms with van der Waals surface area (Å²) in [7, 11) is -3.84. The molecule has 1 atom stereocenters. The van der Waals surface area contributed by atoms with Crippen molar-refractivity contribution in [3.8, 4) is 0 Å². The normalized spacial score (nSPS) is 12.3. The number of amides is 2. The molecule has 2 amide bonds. The van der Waals surface area contributed by atoms with Gasteiger partial charge in [0, 0.05) is 23.1 Å². The molecule has 0 aliphatic heterocycles. The van der Waals surface area contributed by atoms with E-state index in [2.05, 4.69) is 5.32 Å². The molecule has 0 heterocycles. The monoisotopic (exact) mass is 541 g/mol. The predicted octanol–water partition coefficient (Wildman–Crippen LogP) is 4.65. The number of hydrogen-bond acceptors (Lipinski definition) is 4. The molecule has 0 aromatic heterocycles. The lowest BCUT2D eigenvalue weighted by Crippen LogP contribution is -2.52. The number of sulfonamides is 1. The first kappa shape index (κ1) is 28.9. The number of nitrogens with zero attached hydrogens (tertiary/aromatic N) is 2. The highest BCUT2D eigenvalue weighted by atomic mass is 35.5. The molecule has 2 aromatic carbocycles. The molecule has 2 rings (SSSR count). The lowest BCUT2D eigenvalue weighted by atomic mass is 10.1. The van der Waals surface area contributed by atoms with Gasteiger partial charge in [-0.1, -0.05) is 68.2 Å². The summed E-state index contributed by atoms with van der Waals surface area (Å²) in [5, 5.41) is 3.72.